The second-order valence-corrected chi connectivity index (χ2v) is 4.75. The molecule has 0 bridgehead atoms. The number of nitrogens with one attached hydrogen (secondary N) is 1. The monoisotopic (exact) mass is 309 g/mol. The van der Waals surface area contributed by atoms with Crippen LogP contribution in [0.25, 0.3) is 0 Å². The fraction of sp³-hybridized carbons (Fsp3) is 0.154. The van der Waals surface area contributed by atoms with Crippen LogP contribution in [0.1, 0.15) is 17.2 Å². The van der Waals surface area contributed by atoms with Crippen molar-refractivity contribution in [2.45, 2.75) is 6.04 Å². The van der Waals surface area contributed by atoms with E-state index in [0.29, 0.717) is 10.2 Å². The molecule has 0 fully saturated rings. The predicted octanol–water partition coefficient (Wildman–Crippen LogP) is 2.87. The fourth-order valence-electron chi connectivity index (χ4n) is 1.87. The lowest BCUT2D eigenvalue weighted by Gasteiger charge is -2.19. The summed E-state index contributed by atoms with van der Waals surface area (Å²) in [6.07, 6.45) is 3.36. The van der Waals surface area contributed by atoms with Crippen LogP contribution in [-0.4, -0.2) is 12.0 Å². The van der Waals surface area contributed by atoms with Gasteiger partial charge in [0.1, 0.15) is 5.82 Å². The second-order valence-electron chi connectivity index (χ2n) is 3.89. The number of halogens is 2. The van der Waals surface area contributed by atoms with Crippen LogP contribution in [0.2, 0.25) is 0 Å². The van der Waals surface area contributed by atoms with Crippen molar-refractivity contribution in [1.82, 2.24) is 10.3 Å². The maximum absolute atomic E-state index is 13.1. The lowest BCUT2D eigenvalue weighted by atomic mass is 9.99. The number of nitrogens with zero attached hydrogens (tertiary/aromatic N) is 1. The molecule has 18 heavy (non-hydrogen) atoms. The van der Waals surface area contributed by atoms with Gasteiger partial charge in [-0.25, -0.2) is 4.39 Å². The SMILES string of the molecule is CNC(c1cnccc1N)c1ccc(F)cc1Br. The number of aromatic nitrogens is 1. The van der Waals surface area contributed by atoms with Crippen LogP contribution in [0, 0.1) is 5.82 Å². The number of hydrogen-bond donors (Lipinski definition) is 2. The van der Waals surface area contributed by atoms with Gasteiger partial charge in [0.15, 0.2) is 0 Å². The van der Waals surface area contributed by atoms with Crippen molar-refractivity contribution in [3.8, 4) is 0 Å². The van der Waals surface area contributed by atoms with Crippen molar-refractivity contribution in [2.75, 3.05) is 12.8 Å². The molecule has 2 rings (SSSR count). The number of pyridine rings is 1. The normalized spacial score (nSPS) is 12.4. The number of benzene rings is 1. The molecule has 3 N–H and O–H groups in total. The minimum atomic E-state index is -0.278. The minimum Gasteiger partial charge on any atom is -0.398 e. The third-order valence-electron chi connectivity index (χ3n) is 2.76. The van der Waals surface area contributed by atoms with Crippen LogP contribution in [0.3, 0.4) is 0 Å². The van der Waals surface area contributed by atoms with Gasteiger partial charge in [0.25, 0.3) is 0 Å². The highest BCUT2D eigenvalue weighted by atomic mass is 79.9. The van der Waals surface area contributed by atoms with E-state index in [2.05, 4.69) is 26.2 Å². The zero-order valence-corrected chi connectivity index (χ0v) is 11.4. The van der Waals surface area contributed by atoms with E-state index >= 15 is 0 Å². The van der Waals surface area contributed by atoms with Gasteiger partial charge in [-0.2, -0.15) is 0 Å². The first-order valence-electron chi connectivity index (χ1n) is 5.45. The minimum absolute atomic E-state index is 0.131. The molecule has 3 nitrogen and oxygen atoms in total. The van der Waals surface area contributed by atoms with E-state index in [-0.39, 0.29) is 11.9 Å². The molecule has 0 spiro atoms. The van der Waals surface area contributed by atoms with Crippen molar-refractivity contribution in [1.29, 1.82) is 0 Å². The molecule has 1 unspecified atom stereocenters. The van der Waals surface area contributed by atoms with Gasteiger partial charge in [-0.05, 0) is 30.8 Å². The summed E-state index contributed by atoms with van der Waals surface area (Å²) in [6, 6.07) is 6.21. The standard InChI is InChI=1S/C13H13BrFN3/c1-17-13(10-7-18-5-4-12(10)16)9-3-2-8(15)6-11(9)14/h2-7,13,17H,1H3,(H2,16,18). The average molecular weight is 310 g/mol. The van der Waals surface area contributed by atoms with E-state index in [0.717, 1.165) is 11.1 Å². The van der Waals surface area contributed by atoms with Crippen LogP contribution in [0.4, 0.5) is 10.1 Å². The second kappa shape index (κ2) is 5.46. The third kappa shape index (κ3) is 2.52. The maximum atomic E-state index is 13.1. The van der Waals surface area contributed by atoms with E-state index in [4.69, 9.17) is 5.73 Å². The highest BCUT2D eigenvalue weighted by Gasteiger charge is 2.17. The first-order chi connectivity index (χ1) is 8.63. The highest BCUT2D eigenvalue weighted by Crippen LogP contribution is 2.31. The molecule has 1 heterocycles. The Morgan fingerprint density at radius 1 is 1.33 bits per heavy atom. The van der Waals surface area contributed by atoms with Gasteiger partial charge < -0.3 is 11.1 Å². The van der Waals surface area contributed by atoms with Gasteiger partial charge in [0.2, 0.25) is 0 Å². The smallest absolute Gasteiger partial charge is 0.124 e. The maximum Gasteiger partial charge on any atom is 0.124 e. The van der Waals surface area contributed by atoms with Crippen LogP contribution < -0.4 is 11.1 Å². The van der Waals surface area contributed by atoms with Crippen molar-refractivity contribution >= 4 is 21.6 Å². The van der Waals surface area contributed by atoms with E-state index in [9.17, 15) is 4.39 Å². The molecule has 0 amide bonds. The van der Waals surface area contributed by atoms with Gasteiger partial charge >= 0.3 is 0 Å². The van der Waals surface area contributed by atoms with Crippen molar-refractivity contribution in [2.24, 2.45) is 0 Å². The van der Waals surface area contributed by atoms with Crippen molar-refractivity contribution < 1.29 is 4.39 Å². The molecule has 2 aromatic rings. The van der Waals surface area contributed by atoms with Crippen LogP contribution in [0.15, 0.2) is 41.1 Å². The van der Waals surface area contributed by atoms with Crippen LogP contribution in [-0.2, 0) is 0 Å². The Kier molecular flexibility index (Phi) is 3.93. The summed E-state index contributed by atoms with van der Waals surface area (Å²) >= 11 is 3.37. The average Bonchev–Trinajstić information content (AvgIpc) is 2.34. The number of nitrogens with two attached hydrogens (primary N) is 1. The summed E-state index contributed by atoms with van der Waals surface area (Å²) in [7, 11) is 1.83. The largest absolute Gasteiger partial charge is 0.398 e. The summed E-state index contributed by atoms with van der Waals surface area (Å²) in [6.45, 7) is 0. The molecule has 94 valence electrons. The van der Waals surface area contributed by atoms with Crippen LogP contribution >= 0.6 is 15.9 Å². The van der Waals surface area contributed by atoms with Crippen molar-refractivity contribution in [3.05, 3.63) is 58.1 Å². The van der Waals surface area contributed by atoms with Gasteiger partial charge in [-0.3, -0.25) is 4.98 Å². The number of rotatable bonds is 3. The lowest BCUT2D eigenvalue weighted by molar-refractivity contribution is 0.621. The summed E-state index contributed by atoms with van der Waals surface area (Å²) in [5, 5.41) is 3.16. The van der Waals surface area contributed by atoms with E-state index in [1.54, 1.807) is 24.5 Å². The fourth-order valence-corrected chi connectivity index (χ4v) is 2.45. The first kappa shape index (κ1) is 13.0. The van der Waals surface area contributed by atoms with Gasteiger partial charge in [0, 0.05) is 28.1 Å². The zero-order valence-electron chi connectivity index (χ0n) is 9.82. The molecule has 0 radical (unpaired) electrons. The quantitative estimate of drug-likeness (QED) is 0.916. The molecule has 0 saturated carbocycles. The summed E-state index contributed by atoms with van der Waals surface area (Å²) in [4.78, 5) is 4.08. The molecule has 0 aliphatic heterocycles. The van der Waals surface area contributed by atoms with Gasteiger partial charge in [-0.1, -0.05) is 22.0 Å². The third-order valence-corrected chi connectivity index (χ3v) is 3.45. The molecule has 0 aliphatic rings. The molecular formula is C13H13BrFN3. The Morgan fingerprint density at radius 2 is 2.11 bits per heavy atom. The Hall–Kier alpha value is -1.46. The number of hydrogen-bond acceptors (Lipinski definition) is 3. The first-order valence-corrected chi connectivity index (χ1v) is 6.24. The summed E-state index contributed by atoms with van der Waals surface area (Å²) < 4.78 is 13.8. The Bertz CT molecular complexity index is 560. The Morgan fingerprint density at radius 3 is 2.72 bits per heavy atom. The van der Waals surface area contributed by atoms with E-state index < -0.39 is 0 Å². The molecule has 0 saturated heterocycles. The molecule has 1 aromatic heterocycles. The number of nitrogen functional groups attached to an aromatic ring is 1. The molecule has 0 aliphatic carbocycles. The Labute approximate surface area is 113 Å². The Balaban J connectivity index is 2.49. The van der Waals surface area contributed by atoms with Crippen molar-refractivity contribution in [3.63, 3.8) is 0 Å². The summed E-state index contributed by atoms with van der Waals surface area (Å²) in [5.74, 6) is -0.278. The zero-order chi connectivity index (χ0) is 13.1. The van der Waals surface area contributed by atoms with E-state index in [1.807, 2.05) is 7.05 Å². The lowest BCUT2D eigenvalue weighted by Crippen LogP contribution is -2.19. The topological polar surface area (TPSA) is 50.9 Å². The predicted molar refractivity (Wildman–Crippen MR) is 73.7 cm³/mol. The van der Waals surface area contributed by atoms with Crippen LogP contribution in [0.5, 0.6) is 0 Å². The molecular weight excluding hydrogens is 297 g/mol. The molecule has 1 aromatic carbocycles. The number of anilines is 1. The van der Waals surface area contributed by atoms with Gasteiger partial charge in [0.05, 0.1) is 6.04 Å². The van der Waals surface area contributed by atoms with E-state index in [1.165, 1.54) is 12.1 Å². The molecule has 1 atom stereocenters. The van der Waals surface area contributed by atoms with Gasteiger partial charge in [-0.15, -0.1) is 0 Å². The highest BCUT2D eigenvalue weighted by molar-refractivity contribution is 9.10. The molecule has 5 heteroatoms. The summed E-state index contributed by atoms with van der Waals surface area (Å²) in [5.41, 5.74) is 8.38.